The minimum Gasteiger partial charge on any atom is -0.0875 e. The first-order chi connectivity index (χ1) is 7.79. The fourth-order valence-electron chi connectivity index (χ4n) is 3.81. The maximum absolute atomic E-state index is 3.84. The summed E-state index contributed by atoms with van der Waals surface area (Å²) in [4.78, 5) is 1.28. The molecule has 1 fully saturated rings. The Balaban J connectivity index is 1.90. The number of allylic oxidation sites excluding steroid dienone is 2. The molecule has 5 rings (SSSR count). The van der Waals surface area contributed by atoms with E-state index in [-0.39, 0.29) is 0 Å². The van der Waals surface area contributed by atoms with E-state index in [2.05, 4.69) is 68.3 Å². The molecule has 0 aromatic heterocycles. The quantitative estimate of drug-likeness (QED) is 0.490. The molecule has 4 aliphatic carbocycles. The molecule has 0 unspecified atom stereocenters. The van der Waals surface area contributed by atoms with Crippen LogP contribution < -0.4 is 0 Å². The molecule has 1 aromatic rings. The molecular weight excluding hydrogens is 328 g/mol. The van der Waals surface area contributed by atoms with E-state index < -0.39 is 0 Å². The van der Waals surface area contributed by atoms with Gasteiger partial charge in [-0.3, -0.25) is 0 Å². The average Bonchev–Trinajstić information content (AvgIpc) is 2.37. The summed E-state index contributed by atoms with van der Waals surface area (Å²) in [6.45, 7) is 0. The van der Waals surface area contributed by atoms with Crippen molar-refractivity contribution in [3.05, 3.63) is 47.5 Å². The lowest BCUT2D eigenvalue weighted by Gasteiger charge is -2.58. The average molecular weight is 340 g/mol. The van der Waals surface area contributed by atoms with Crippen LogP contribution in [0.25, 0.3) is 0 Å². The molecule has 1 aromatic carbocycles. The van der Waals surface area contributed by atoms with Crippen molar-refractivity contribution in [3.8, 4) is 0 Å². The van der Waals surface area contributed by atoms with Gasteiger partial charge in [-0.05, 0) is 23.0 Å². The van der Waals surface area contributed by atoms with Crippen LogP contribution in [0.5, 0.6) is 0 Å². The summed E-state index contributed by atoms with van der Waals surface area (Å²) >= 11 is 7.68. The Labute approximate surface area is 112 Å². The topological polar surface area (TPSA) is 0 Å². The molecule has 0 heterocycles. The molecule has 1 saturated carbocycles. The SMILES string of the molecule is Br[C@@H]1[C@H](Br)[C@H]2[C@H]1[C@@H]1C=C[C@@H]2c2ccccc21. The fraction of sp³-hybridized carbons (Fsp3) is 0.429. The summed E-state index contributed by atoms with van der Waals surface area (Å²) in [5.41, 5.74) is 3.14. The van der Waals surface area contributed by atoms with Crippen molar-refractivity contribution in [1.29, 1.82) is 0 Å². The Morgan fingerprint density at radius 3 is 1.62 bits per heavy atom. The number of halogens is 2. The van der Waals surface area contributed by atoms with E-state index in [1.165, 1.54) is 0 Å². The highest BCUT2D eigenvalue weighted by atomic mass is 79.9. The van der Waals surface area contributed by atoms with Crippen LogP contribution in [0.15, 0.2) is 36.4 Å². The van der Waals surface area contributed by atoms with Crippen LogP contribution in [0.3, 0.4) is 0 Å². The number of alkyl halides is 2. The van der Waals surface area contributed by atoms with Gasteiger partial charge in [-0.15, -0.1) is 0 Å². The predicted octanol–water partition coefficient (Wildman–Crippen LogP) is 4.21. The van der Waals surface area contributed by atoms with Gasteiger partial charge in [0.15, 0.2) is 0 Å². The lowest BCUT2D eigenvalue weighted by atomic mass is 9.51. The minimum atomic E-state index is 0.642. The van der Waals surface area contributed by atoms with Crippen molar-refractivity contribution in [2.45, 2.75) is 21.5 Å². The molecule has 16 heavy (non-hydrogen) atoms. The summed E-state index contributed by atoms with van der Waals surface area (Å²) in [7, 11) is 0. The third-order valence-corrected chi connectivity index (χ3v) is 7.62. The zero-order valence-corrected chi connectivity index (χ0v) is 11.9. The summed E-state index contributed by atoms with van der Waals surface area (Å²) < 4.78 is 0. The van der Waals surface area contributed by atoms with Crippen LogP contribution >= 0.6 is 31.9 Å². The van der Waals surface area contributed by atoms with Crippen molar-refractivity contribution in [2.24, 2.45) is 11.8 Å². The highest BCUT2D eigenvalue weighted by Crippen LogP contribution is 2.63. The number of hydrogen-bond donors (Lipinski definition) is 0. The molecular formula is C14H12Br2. The zero-order chi connectivity index (χ0) is 10.9. The smallest absolute Gasteiger partial charge is 0.0314 e. The molecule has 0 aliphatic heterocycles. The largest absolute Gasteiger partial charge is 0.0875 e. The fourth-order valence-corrected chi connectivity index (χ4v) is 5.88. The van der Waals surface area contributed by atoms with Gasteiger partial charge >= 0.3 is 0 Å². The highest BCUT2D eigenvalue weighted by Gasteiger charge is 2.58. The minimum absolute atomic E-state index is 0.642. The lowest BCUT2D eigenvalue weighted by Crippen LogP contribution is -2.57. The second-order valence-electron chi connectivity index (χ2n) is 5.11. The third kappa shape index (κ3) is 1.01. The van der Waals surface area contributed by atoms with E-state index >= 15 is 0 Å². The van der Waals surface area contributed by atoms with Gasteiger partial charge in [0.05, 0.1) is 0 Å². The van der Waals surface area contributed by atoms with Crippen LogP contribution in [0.4, 0.5) is 0 Å². The van der Waals surface area contributed by atoms with E-state index in [1.807, 2.05) is 0 Å². The second kappa shape index (κ2) is 3.23. The molecule has 0 N–H and O–H groups in total. The summed E-state index contributed by atoms with van der Waals surface area (Å²) in [6, 6.07) is 8.98. The normalized spacial score (nSPS) is 47.1. The Hall–Kier alpha value is -0.0800. The predicted molar refractivity (Wildman–Crippen MR) is 73.5 cm³/mol. The lowest BCUT2D eigenvalue weighted by molar-refractivity contribution is 0.144. The van der Waals surface area contributed by atoms with Crippen LogP contribution in [-0.4, -0.2) is 9.65 Å². The van der Waals surface area contributed by atoms with Crippen LogP contribution in [-0.2, 0) is 0 Å². The van der Waals surface area contributed by atoms with Gasteiger partial charge in [0.2, 0.25) is 0 Å². The summed E-state index contributed by atoms with van der Waals surface area (Å²) in [6.07, 6.45) is 4.86. The standard InChI is InChI=1S/C14H12Br2/c15-13-11-9-5-6-10(12(11)14(13)16)8-4-2-1-3-7(8)9/h1-6,9-14H/t9-,10-,11-,12-,13-,14+/m1/s1. The van der Waals surface area contributed by atoms with Gasteiger partial charge in [0.1, 0.15) is 0 Å². The molecule has 2 bridgehead atoms. The first-order valence-electron chi connectivity index (χ1n) is 5.84. The van der Waals surface area contributed by atoms with Crippen LogP contribution in [0.1, 0.15) is 23.0 Å². The van der Waals surface area contributed by atoms with Crippen molar-refractivity contribution in [3.63, 3.8) is 0 Å². The summed E-state index contributed by atoms with van der Waals surface area (Å²) in [5.74, 6) is 2.89. The molecule has 4 aliphatic rings. The molecule has 0 spiro atoms. The molecule has 2 heteroatoms. The maximum atomic E-state index is 3.84. The van der Waals surface area contributed by atoms with E-state index in [4.69, 9.17) is 0 Å². The van der Waals surface area contributed by atoms with Crippen molar-refractivity contribution >= 4 is 31.9 Å². The molecule has 0 amide bonds. The third-order valence-electron chi connectivity index (χ3n) is 4.55. The second-order valence-corrected chi connectivity index (χ2v) is 7.22. The molecule has 82 valence electrons. The molecule has 0 saturated heterocycles. The number of benzene rings is 1. The van der Waals surface area contributed by atoms with E-state index in [9.17, 15) is 0 Å². The van der Waals surface area contributed by atoms with Gasteiger partial charge in [-0.2, -0.15) is 0 Å². The van der Waals surface area contributed by atoms with Gasteiger partial charge in [0, 0.05) is 21.5 Å². The van der Waals surface area contributed by atoms with Crippen molar-refractivity contribution < 1.29 is 0 Å². The molecule has 0 radical (unpaired) electrons. The Kier molecular flexibility index (Phi) is 2.00. The van der Waals surface area contributed by atoms with Gasteiger partial charge in [0.25, 0.3) is 0 Å². The number of rotatable bonds is 0. The van der Waals surface area contributed by atoms with Gasteiger partial charge < -0.3 is 0 Å². The van der Waals surface area contributed by atoms with E-state index in [0.717, 1.165) is 11.8 Å². The number of hydrogen-bond acceptors (Lipinski definition) is 0. The Morgan fingerprint density at radius 1 is 0.750 bits per heavy atom. The van der Waals surface area contributed by atoms with Gasteiger partial charge in [-0.1, -0.05) is 68.3 Å². The first-order valence-corrected chi connectivity index (χ1v) is 7.67. The Morgan fingerprint density at radius 2 is 1.19 bits per heavy atom. The molecule has 0 nitrogen and oxygen atoms in total. The van der Waals surface area contributed by atoms with E-state index in [0.29, 0.717) is 21.5 Å². The Bertz CT molecular complexity index is 436. The van der Waals surface area contributed by atoms with Crippen LogP contribution in [0, 0.1) is 11.8 Å². The monoisotopic (exact) mass is 338 g/mol. The maximum Gasteiger partial charge on any atom is 0.0314 e. The first kappa shape index (κ1) is 9.90. The van der Waals surface area contributed by atoms with Crippen LogP contribution in [0.2, 0.25) is 0 Å². The van der Waals surface area contributed by atoms with Gasteiger partial charge in [-0.25, -0.2) is 0 Å². The van der Waals surface area contributed by atoms with E-state index in [1.54, 1.807) is 11.1 Å². The molecule has 6 atom stereocenters. The highest BCUT2D eigenvalue weighted by molar-refractivity contribution is 9.12. The van der Waals surface area contributed by atoms with Crippen molar-refractivity contribution in [2.75, 3.05) is 0 Å². The summed E-state index contributed by atoms with van der Waals surface area (Å²) in [5, 5.41) is 0. The zero-order valence-electron chi connectivity index (χ0n) is 8.68. The van der Waals surface area contributed by atoms with Crippen molar-refractivity contribution in [1.82, 2.24) is 0 Å².